The number of methoxy groups -OCH3 is 1. The molecule has 5 fully saturated rings. The second-order valence-corrected chi connectivity index (χ2v) is 12.9. The Labute approximate surface area is 223 Å². The van der Waals surface area contributed by atoms with Gasteiger partial charge in [-0.2, -0.15) is 0 Å². The molecule has 0 radical (unpaired) electrons. The van der Waals surface area contributed by atoms with Gasteiger partial charge in [0.25, 0.3) is 0 Å². The topological polar surface area (TPSA) is 160 Å². The van der Waals surface area contributed by atoms with Crippen molar-refractivity contribution in [3.8, 4) is 0 Å². The Morgan fingerprint density at radius 2 is 1.71 bits per heavy atom. The number of esters is 1. The van der Waals surface area contributed by atoms with Gasteiger partial charge in [-0.05, 0) is 73.5 Å². The first-order valence-electron chi connectivity index (χ1n) is 14.0. The molecule has 214 valence electrons. The van der Waals surface area contributed by atoms with Gasteiger partial charge in [0.05, 0.1) is 13.2 Å². The molecule has 5 rings (SSSR count). The summed E-state index contributed by atoms with van der Waals surface area (Å²) in [6.07, 6.45) is -2.24. The number of ether oxygens (including phenoxy) is 3. The normalized spacial score (nSPS) is 50.5. The van der Waals surface area contributed by atoms with E-state index in [1.165, 1.54) is 0 Å². The Bertz CT molecular complexity index is 954. The van der Waals surface area contributed by atoms with Crippen LogP contribution in [0.1, 0.15) is 65.2 Å². The Kier molecular flexibility index (Phi) is 7.54. The van der Waals surface area contributed by atoms with Gasteiger partial charge in [0.1, 0.15) is 30.7 Å². The van der Waals surface area contributed by atoms with Crippen LogP contribution in [0, 0.1) is 40.4 Å². The van der Waals surface area contributed by atoms with E-state index in [9.17, 15) is 34.8 Å². The highest BCUT2D eigenvalue weighted by atomic mass is 16.7. The monoisotopic (exact) mass is 538 g/mol. The maximum Gasteiger partial charge on any atom is 0.337 e. The van der Waals surface area contributed by atoms with E-state index in [1.54, 1.807) is 0 Å². The van der Waals surface area contributed by atoms with Crippen molar-refractivity contribution >= 4 is 17.5 Å². The molecule has 13 atom stereocenters. The molecule has 0 unspecified atom stereocenters. The molecule has 10 heteroatoms. The van der Waals surface area contributed by atoms with Crippen molar-refractivity contribution in [1.29, 1.82) is 0 Å². The van der Waals surface area contributed by atoms with Gasteiger partial charge in [-0.1, -0.05) is 13.8 Å². The third kappa shape index (κ3) is 4.36. The lowest BCUT2D eigenvalue weighted by Crippen LogP contribution is -2.60. The van der Waals surface area contributed by atoms with Crippen molar-refractivity contribution in [3.63, 3.8) is 0 Å². The first-order chi connectivity index (χ1) is 17.9. The van der Waals surface area contributed by atoms with Gasteiger partial charge in [-0.25, -0.2) is 4.79 Å². The molecule has 4 N–H and O–H groups in total. The molecule has 1 saturated heterocycles. The zero-order valence-corrected chi connectivity index (χ0v) is 22.5. The number of hydrogen-bond acceptors (Lipinski definition) is 10. The minimum Gasteiger partial charge on any atom is -0.467 e. The van der Waals surface area contributed by atoms with E-state index < -0.39 is 48.7 Å². The number of aliphatic hydroxyl groups is 4. The van der Waals surface area contributed by atoms with Gasteiger partial charge in [0.15, 0.2) is 18.2 Å². The molecule has 4 aliphatic carbocycles. The minimum atomic E-state index is -1.72. The molecule has 10 nitrogen and oxygen atoms in total. The Morgan fingerprint density at radius 3 is 2.42 bits per heavy atom. The fourth-order valence-electron chi connectivity index (χ4n) is 9.14. The van der Waals surface area contributed by atoms with Crippen LogP contribution in [-0.2, 0) is 28.6 Å². The lowest BCUT2D eigenvalue weighted by molar-refractivity contribution is -0.293. The summed E-state index contributed by atoms with van der Waals surface area (Å²) in [5, 5.41) is 40.8. The fraction of sp³-hybridized carbons (Fsp3) is 0.893. The second-order valence-electron chi connectivity index (χ2n) is 12.9. The number of aliphatic hydroxyl groups excluding tert-OH is 4. The predicted molar refractivity (Wildman–Crippen MR) is 131 cm³/mol. The van der Waals surface area contributed by atoms with E-state index in [1.807, 2.05) is 0 Å². The van der Waals surface area contributed by atoms with Gasteiger partial charge in [0.2, 0.25) is 0 Å². The Hall–Kier alpha value is -1.43. The first-order valence-corrected chi connectivity index (χ1v) is 14.0. The first kappa shape index (κ1) is 28.1. The second kappa shape index (κ2) is 10.2. The molecule has 5 aliphatic rings. The van der Waals surface area contributed by atoms with E-state index in [-0.39, 0.29) is 46.8 Å². The van der Waals surface area contributed by atoms with Gasteiger partial charge in [-0.3, -0.25) is 9.59 Å². The van der Waals surface area contributed by atoms with Gasteiger partial charge >= 0.3 is 5.97 Å². The summed E-state index contributed by atoms with van der Waals surface area (Å²) in [5.74, 6) is -0.457. The van der Waals surface area contributed by atoms with Crippen LogP contribution in [0.5, 0.6) is 0 Å². The van der Waals surface area contributed by atoms with Crippen molar-refractivity contribution in [2.45, 2.75) is 102 Å². The van der Waals surface area contributed by atoms with Crippen LogP contribution in [0.15, 0.2) is 0 Å². The van der Waals surface area contributed by atoms with E-state index in [0.29, 0.717) is 18.8 Å². The highest BCUT2D eigenvalue weighted by Crippen LogP contribution is 2.66. The van der Waals surface area contributed by atoms with Crippen LogP contribution >= 0.6 is 0 Å². The standard InChI is InChI=1S/C28H42O10/c1-27-9-8-14(29)10-13(27)4-5-15-16-6-7-17(28(16,2)11-18(30)20(15)27)19(31)12-37-26-23(34)21(32)22(33)24(38-26)25(35)36-3/h13-17,20-24,26,29,32-34H,4-12H2,1-3H3/t13-,14-,15+,16+,17-,20-,21-,22-,23+,24-,26+,27+,28+/m1/s1. The van der Waals surface area contributed by atoms with Crippen molar-refractivity contribution in [1.82, 2.24) is 0 Å². The summed E-state index contributed by atoms with van der Waals surface area (Å²) < 4.78 is 15.5. The summed E-state index contributed by atoms with van der Waals surface area (Å²) >= 11 is 0. The van der Waals surface area contributed by atoms with Crippen LogP contribution in [0.25, 0.3) is 0 Å². The van der Waals surface area contributed by atoms with E-state index in [2.05, 4.69) is 18.6 Å². The third-order valence-electron chi connectivity index (χ3n) is 11.1. The molecular formula is C28H42O10. The lowest BCUT2D eigenvalue weighted by Gasteiger charge is -2.59. The number of carbonyl (C=O) groups excluding carboxylic acids is 3. The molecule has 0 aromatic rings. The smallest absolute Gasteiger partial charge is 0.337 e. The van der Waals surface area contributed by atoms with Gasteiger partial charge < -0.3 is 34.6 Å². The molecule has 38 heavy (non-hydrogen) atoms. The maximum absolute atomic E-state index is 13.8. The Morgan fingerprint density at radius 1 is 0.974 bits per heavy atom. The van der Waals surface area contributed by atoms with Crippen LogP contribution in [-0.4, -0.2) is 88.5 Å². The zero-order chi connectivity index (χ0) is 27.6. The highest BCUT2D eigenvalue weighted by molar-refractivity contribution is 5.88. The average molecular weight is 539 g/mol. The fourth-order valence-corrected chi connectivity index (χ4v) is 9.14. The average Bonchev–Trinajstić information content (AvgIpc) is 3.23. The van der Waals surface area contributed by atoms with Crippen LogP contribution in [0.4, 0.5) is 0 Å². The van der Waals surface area contributed by atoms with Gasteiger partial charge in [0, 0.05) is 18.3 Å². The van der Waals surface area contributed by atoms with E-state index in [4.69, 9.17) is 9.47 Å². The van der Waals surface area contributed by atoms with Crippen molar-refractivity contribution in [3.05, 3.63) is 0 Å². The summed E-state index contributed by atoms with van der Waals surface area (Å²) in [6, 6.07) is 0. The Balaban J connectivity index is 1.27. The number of rotatable bonds is 5. The van der Waals surface area contributed by atoms with Crippen LogP contribution in [0.3, 0.4) is 0 Å². The molecule has 0 bridgehead atoms. The molecule has 0 aromatic heterocycles. The number of hydrogen-bond donors (Lipinski definition) is 4. The number of fused-ring (bicyclic) bond motifs is 5. The number of carbonyl (C=O) groups is 3. The van der Waals surface area contributed by atoms with Gasteiger partial charge in [-0.15, -0.1) is 0 Å². The lowest BCUT2D eigenvalue weighted by atomic mass is 9.44. The molecule has 0 amide bonds. The van der Waals surface area contributed by atoms with Crippen molar-refractivity contribution in [2.24, 2.45) is 40.4 Å². The van der Waals surface area contributed by atoms with Crippen molar-refractivity contribution in [2.75, 3.05) is 13.7 Å². The predicted octanol–water partition coefficient (Wildman–Crippen LogP) is 0.752. The maximum atomic E-state index is 13.8. The van der Waals surface area contributed by atoms with E-state index >= 15 is 0 Å². The number of ketones is 2. The van der Waals surface area contributed by atoms with E-state index in [0.717, 1.165) is 45.6 Å². The molecule has 0 aromatic carbocycles. The molecule has 1 aliphatic heterocycles. The summed E-state index contributed by atoms with van der Waals surface area (Å²) in [7, 11) is 1.10. The summed E-state index contributed by atoms with van der Waals surface area (Å²) in [6.45, 7) is 3.89. The highest BCUT2D eigenvalue weighted by Gasteiger charge is 2.64. The summed E-state index contributed by atoms with van der Waals surface area (Å²) in [4.78, 5) is 39.2. The molecule has 0 spiro atoms. The quantitative estimate of drug-likeness (QED) is 0.368. The molecular weight excluding hydrogens is 496 g/mol. The largest absolute Gasteiger partial charge is 0.467 e. The van der Waals surface area contributed by atoms with Crippen LogP contribution < -0.4 is 0 Å². The minimum absolute atomic E-state index is 0.0223. The third-order valence-corrected chi connectivity index (χ3v) is 11.1. The molecule has 1 heterocycles. The number of Topliss-reactive ketones (excluding diaryl/α,β-unsaturated/α-hetero) is 2. The SMILES string of the molecule is COC(=O)[C@@H]1O[C@H](OCC(=O)[C@H]2CC[C@H]3[C@@H]4CC[C@@H]5C[C@H](O)CC[C@]5(C)[C@H]4C(=O)C[C@]23C)[C@@H](O)[C@H](O)[C@H]1O. The summed E-state index contributed by atoms with van der Waals surface area (Å²) in [5.41, 5.74) is -0.575. The zero-order valence-electron chi connectivity index (χ0n) is 22.5. The molecule has 4 saturated carbocycles. The van der Waals surface area contributed by atoms with Crippen LogP contribution in [0.2, 0.25) is 0 Å². The van der Waals surface area contributed by atoms with Crippen molar-refractivity contribution < 1.29 is 49.0 Å².